The summed E-state index contributed by atoms with van der Waals surface area (Å²) in [6.45, 7) is 0. The van der Waals surface area contributed by atoms with Crippen LogP contribution in [0.2, 0.25) is 0 Å². The summed E-state index contributed by atoms with van der Waals surface area (Å²) in [5.41, 5.74) is 1.29. The van der Waals surface area contributed by atoms with Crippen LogP contribution >= 0.6 is 43.6 Å². The molecule has 0 fully saturated rings. The van der Waals surface area contributed by atoms with Crippen LogP contribution in [0.1, 0.15) is 11.1 Å². The Hall–Kier alpha value is -2.67. The fourth-order valence-electron chi connectivity index (χ4n) is 3.36. The summed E-state index contributed by atoms with van der Waals surface area (Å²) >= 11 is 7.89. The average molecular weight is 640 g/mol. The van der Waals surface area contributed by atoms with E-state index < -0.39 is 20.7 Å². The summed E-state index contributed by atoms with van der Waals surface area (Å²) < 4.78 is 32.7. The van der Waals surface area contributed by atoms with Gasteiger partial charge >= 0.3 is 5.69 Å². The first-order valence-electron chi connectivity index (χ1n) is 9.92. The van der Waals surface area contributed by atoms with E-state index in [-0.39, 0.29) is 27.0 Å². The van der Waals surface area contributed by atoms with E-state index in [0.29, 0.717) is 30.7 Å². The maximum Gasteiger partial charge on any atom is 0.311 e. The number of benzene rings is 3. The molecule has 0 atom stereocenters. The Morgan fingerprint density at radius 1 is 1.11 bits per heavy atom. The number of hydrogen-bond acceptors (Lipinski definition) is 7. The molecule has 0 aliphatic carbocycles. The van der Waals surface area contributed by atoms with Crippen LogP contribution < -0.4 is 10.1 Å². The Bertz CT molecular complexity index is 1490. The number of hydrogen-bond donors (Lipinski definition) is 1. The normalized spacial score (nSPS) is 14.4. The Morgan fingerprint density at radius 3 is 2.49 bits per heavy atom. The zero-order valence-corrected chi connectivity index (χ0v) is 22.8. The van der Waals surface area contributed by atoms with E-state index in [0.717, 1.165) is 11.8 Å². The van der Waals surface area contributed by atoms with Gasteiger partial charge in [-0.3, -0.25) is 14.9 Å². The number of thioether (sulfide) groups is 1. The fraction of sp³-hybridized carbons (Fsp3) is 0.0870. The first-order chi connectivity index (χ1) is 16.6. The number of nitrogens with zero attached hydrogens (tertiary/aromatic N) is 1. The van der Waals surface area contributed by atoms with Gasteiger partial charge in [-0.1, -0.05) is 55.8 Å². The molecule has 1 aliphatic heterocycles. The molecule has 0 saturated heterocycles. The van der Waals surface area contributed by atoms with Crippen LogP contribution in [0.15, 0.2) is 78.2 Å². The Kier molecular flexibility index (Phi) is 7.36. The lowest BCUT2D eigenvalue weighted by molar-refractivity contribution is -0.385. The van der Waals surface area contributed by atoms with Gasteiger partial charge in [-0.15, -0.1) is 0 Å². The van der Waals surface area contributed by atoms with Crippen LogP contribution in [0, 0.1) is 10.1 Å². The highest BCUT2D eigenvalue weighted by atomic mass is 79.9. The molecular formula is C23H16Br2N2O6S2. The second-order valence-corrected chi connectivity index (χ2v) is 12.2. The molecule has 0 aromatic heterocycles. The van der Waals surface area contributed by atoms with Crippen molar-refractivity contribution in [3.8, 4) is 5.75 Å². The molecule has 0 spiro atoms. The zero-order chi connectivity index (χ0) is 25.3. The number of rotatable bonds is 6. The first-order valence-corrected chi connectivity index (χ1v) is 14.0. The van der Waals surface area contributed by atoms with Gasteiger partial charge in [-0.25, -0.2) is 8.42 Å². The lowest BCUT2D eigenvalue weighted by atomic mass is 10.1. The molecule has 1 N–H and O–H groups in total. The highest BCUT2D eigenvalue weighted by Crippen LogP contribution is 2.41. The number of nitrogens with one attached hydrogen (secondary N) is 1. The highest BCUT2D eigenvalue weighted by Gasteiger charge is 2.25. The minimum absolute atomic E-state index is 0.106. The summed E-state index contributed by atoms with van der Waals surface area (Å²) in [5, 5.41) is 14.1. The number of sulfone groups is 1. The Labute approximate surface area is 222 Å². The monoisotopic (exact) mass is 638 g/mol. The van der Waals surface area contributed by atoms with Crippen molar-refractivity contribution in [2.45, 2.75) is 15.5 Å². The topological polar surface area (TPSA) is 116 Å². The van der Waals surface area contributed by atoms with Crippen LogP contribution in [0.3, 0.4) is 0 Å². The smallest absolute Gasteiger partial charge is 0.311 e. The summed E-state index contributed by atoms with van der Waals surface area (Å²) in [7, 11) is -2.36. The number of fused-ring (bicyclic) bond motifs is 1. The molecule has 180 valence electrons. The van der Waals surface area contributed by atoms with Crippen molar-refractivity contribution in [2.24, 2.45) is 0 Å². The number of ether oxygens (including phenoxy) is 1. The Morgan fingerprint density at radius 2 is 1.83 bits per heavy atom. The molecular weight excluding hydrogens is 624 g/mol. The van der Waals surface area contributed by atoms with Crippen molar-refractivity contribution >= 4 is 76.8 Å². The maximum atomic E-state index is 13.2. The third-order valence-electron chi connectivity index (χ3n) is 5.10. The number of carbonyl (C=O) groups excluding carboxylic acids is 1. The predicted molar refractivity (Wildman–Crippen MR) is 141 cm³/mol. The van der Waals surface area contributed by atoms with Crippen LogP contribution in [0.25, 0.3) is 6.08 Å². The molecule has 0 radical (unpaired) electrons. The molecule has 3 aromatic carbocycles. The molecule has 8 nitrogen and oxygen atoms in total. The third kappa shape index (κ3) is 5.45. The number of nitro groups is 1. The molecule has 1 aliphatic rings. The van der Waals surface area contributed by atoms with Gasteiger partial charge < -0.3 is 10.1 Å². The molecule has 0 bridgehead atoms. The third-order valence-corrected chi connectivity index (χ3v) is 9.31. The minimum Gasteiger partial charge on any atom is -0.490 e. The standard InChI is InChI=1S/C23H16Br2N2O6S2/c1-33-20-8-5-13(9-19(20)27(29)30)10-22-23(28)26-18-7-6-14(11-21(18)34-22)35(31,32)12-15-16(24)3-2-4-17(15)25/h2-11H,12H2,1H3,(H,26,28)/b22-10+. The Balaban J connectivity index is 1.66. The van der Waals surface area contributed by atoms with Crippen LogP contribution in [0.5, 0.6) is 5.75 Å². The number of methoxy groups -OCH3 is 1. The van der Waals surface area contributed by atoms with Crippen LogP contribution in [0.4, 0.5) is 11.4 Å². The van der Waals surface area contributed by atoms with Gasteiger partial charge in [-0.2, -0.15) is 0 Å². The van der Waals surface area contributed by atoms with E-state index in [1.54, 1.807) is 30.3 Å². The van der Waals surface area contributed by atoms with Crippen molar-refractivity contribution < 1.29 is 22.9 Å². The van der Waals surface area contributed by atoms with Crippen molar-refractivity contribution in [1.82, 2.24) is 0 Å². The number of amides is 1. The lowest BCUT2D eigenvalue weighted by Gasteiger charge is -2.19. The SMILES string of the molecule is COc1ccc(/C=C2/Sc3cc(S(=O)(=O)Cc4c(Br)cccc4Br)ccc3NC2=O)cc1[N+](=O)[O-]. The van der Waals surface area contributed by atoms with Gasteiger partial charge in [0.05, 0.1) is 33.3 Å². The fourth-order valence-corrected chi connectivity index (χ4v) is 7.51. The quantitative estimate of drug-likeness (QED) is 0.194. The van der Waals surface area contributed by atoms with E-state index in [9.17, 15) is 23.3 Å². The van der Waals surface area contributed by atoms with Gasteiger partial charge in [-0.05, 0) is 53.6 Å². The maximum absolute atomic E-state index is 13.2. The summed E-state index contributed by atoms with van der Waals surface area (Å²) in [6, 6.07) is 14.2. The molecule has 1 heterocycles. The van der Waals surface area contributed by atoms with Crippen molar-refractivity contribution in [3.05, 3.63) is 89.7 Å². The van der Waals surface area contributed by atoms with Gasteiger partial charge in [0.2, 0.25) is 0 Å². The van der Waals surface area contributed by atoms with E-state index in [4.69, 9.17) is 4.74 Å². The van der Waals surface area contributed by atoms with Gasteiger partial charge in [0.1, 0.15) is 0 Å². The second kappa shape index (κ2) is 10.1. The molecule has 4 rings (SSSR count). The molecule has 12 heteroatoms. The number of anilines is 1. The zero-order valence-electron chi connectivity index (χ0n) is 17.9. The lowest BCUT2D eigenvalue weighted by Crippen LogP contribution is -2.17. The number of nitro benzene ring substituents is 1. The number of carbonyl (C=O) groups is 1. The summed E-state index contributed by atoms with van der Waals surface area (Å²) in [6.07, 6.45) is 1.51. The molecule has 0 saturated carbocycles. The highest BCUT2D eigenvalue weighted by molar-refractivity contribution is 9.11. The van der Waals surface area contributed by atoms with Crippen molar-refractivity contribution in [3.63, 3.8) is 0 Å². The molecule has 1 amide bonds. The van der Waals surface area contributed by atoms with Crippen LogP contribution in [-0.4, -0.2) is 26.4 Å². The summed E-state index contributed by atoms with van der Waals surface area (Å²) in [5.74, 6) is -0.508. The minimum atomic E-state index is -3.70. The van der Waals surface area contributed by atoms with Crippen molar-refractivity contribution in [2.75, 3.05) is 12.4 Å². The average Bonchev–Trinajstić information content (AvgIpc) is 2.81. The molecule has 3 aromatic rings. The predicted octanol–water partition coefficient (Wildman–Crippen LogP) is 6.19. The van der Waals surface area contributed by atoms with Crippen molar-refractivity contribution in [1.29, 1.82) is 0 Å². The van der Waals surface area contributed by atoms with Crippen LogP contribution in [-0.2, 0) is 20.4 Å². The van der Waals surface area contributed by atoms with E-state index >= 15 is 0 Å². The van der Waals surface area contributed by atoms with Gasteiger partial charge in [0.25, 0.3) is 5.91 Å². The van der Waals surface area contributed by atoms with Gasteiger partial charge in [0.15, 0.2) is 15.6 Å². The van der Waals surface area contributed by atoms with Gasteiger partial charge in [0, 0.05) is 19.9 Å². The first kappa shape index (κ1) is 25.4. The van der Waals surface area contributed by atoms with E-state index in [2.05, 4.69) is 37.2 Å². The number of halogens is 2. The van der Waals surface area contributed by atoms with E-state index in [1.807, 2.05) is 0 Å². The molecule has 35 heavy (non-hydrogen) atoms. The molecule has 0 unspecified atom stereocenters. The summed E-state index contributed by atoms with van der Waals surface area (Å²) in [4.78, 5) is 24.3. The second-order valence-electron chi connectivity index (χ2n) is 7.37. The van der Waals surface area contributed by atoms with E-state index in [1.165, 1.54) is 37.5 Å². The largest absolute Gasteiger partial charge is 0.490 e.